The normalized spacial score (nSPS) is 27.7. The Morgan fingerprint density at radius 3 is 2.85 bits per heavy atom. The molecule has 0 aromatic carbocycles. The van der Waals surface area contributed by atoms with Crippen LogP contribution >= 0.6 is 0 Å². The third kappa shape index (κ3) is 3.46. The first-order chi connectivity index (χ1) is 6.03. The molecule has 0 fully saturated rings. The summed E-state index contributed by atoms with van der Waals surface area (Å²) in [6, 6.07) is 0.114. The van der Waals surface area contributed by atoms with Crippen molar-refractivity contribution in [1.82, 2.24) is 5.32 Å². The third-order valence-electron chi connectivity index (χ3n) is 1.85. The van der Waals surface area contributed by atoms with Crippen molar-refractivity contribution in [3.8, 4) is 0 Å². The van der Waals surface area contributed by atoms with Gasteiger partial charge in [0.1, 0.15) is 0 Å². The highest BCUT2D eigenvalue weighted by Gasteiger charge is 2.22. The lowest BCUT2D eigenvalue weighted by molar-refractivity contribution is 0.170. The van der Waals surface area contributed by atoms with Crippen molar-refractivity contribution in [2.45, 2.75) is 19.0 Å². The molecule has 2 unspecified atom stereocenters. The lowest BCUT2D eigenvalue weighted by Gasteiger charge is -2.16. The van der Waals surface area contributed by atoms with Gasteiger partial charge in [-0.15, -0.1) is 0 Å². The third-order valence-corrected chi connectivity index (χ3v) is 3.24. The molecule has 0 aromatic rings. The Kier molecular flexibility index (Phi) is 3.47. The van der Waals surface area contributed by atoms with Crippen LogP contribution in [-0.2, 0) is 14.6 Å². The van der Waals surface area contributed by atoms with Gasteiger partial charge in [0.15, 0.2) is 9.84 Å². The Bertz CT molecular complexity index is 284. The van der Waals surface area contributed by atoms with E-state index < -0.39 is 9.84 Å². The predicted molar refractivity (Wildman–Crippen MR) is 51.2 cm³/mol. The zero-order valence-corrected chi connectivity index (χ0v) is 8.67. The summed E-state index contributed by atoms with van der Waals surface area (Å²) in [6.45, 7) is 2.55. The molecule has 76 valence electrons. The number of ether oxygens (including phenoxy) is 1. The van der Waals surface area contributed by atoms with E-state index in [4.69, 9.17) is 4.74 Å². The molecule has 1 aliphatic rings. The lowest BCUT2D eigenvalue weighted by atomic mass is 10.3. The molecule has 0 saturated heterocycles. The molecule has 4 nitrogen and oxygen atoms in total. The number of hydrogen-bond acceptors (Lipinski definition) is 4. The SMILES string of the molecule is COCC(C)NC1C=CS(=O)(=O)C1. The van der Waals surface area contributed by atoms with E-state index in [1.54, 1.807) is 13.2 Å². The standard InChI is InChI=1S/C8H15NO3S/c1-7(5-12-2)9-8-3-4-13(10,11)6-8/h3-4,7-9H,5-6H2,1-2H3. The van der Waals surface area contributed by atoms with E-state index in [0.717, 1.165) is 0 Å². The van der Waals surface area contributed by atoms with Crippen LogP contribution in [0.25, 0.3) is 0 Å². The first-order valence-electron chi connectivity index (χ1n) is 4.19. The van der Waals surface area contributed by atoms with E-state index in [0.29, 0.717) is 6.61 Å². The summed E-state index contributed by atoms with van der Waals surface area (Å²) in [7, 11) is -1.32. The van der Waals surface area contributed by atoms with Crippen LogP contribution in [0.2, 0.25) is 0 Å². The van der Waals surface area contributed by atoms with Crippen molar-refractivity contribution >= 4 is 9.84 Å². The van der Waals surface area contributed by atoms with Crippen LogP contribution in [0.15, 0.2) is 11.5 Å². The molecule has 1 rings (SSSR count). The smallest absolute Gasteiger partial charge is 0.173 e. The van der Waals surface area contributed by atoms with Gasteiger partial charge in [0.05, 0.1) is 12.4 Å². The molecular weight excluding hydrogens is 190 g/mol. The molecule has 0 spiro atoms. The van der Waals surface area contributed by atoms with Crippen molar-refractivity contribution < 1.29 is 13.2 Å². The Hall–Kier alpha value is -0.390. The summed E-state index contributed by atoms with van der Waals surface area (Å²) >= 11 is 0. The van der Waals surface area contributed by atoms with Gasteiger partial charge >= 0.3 is 0 Å². The van der Waals surface area contributed by atoms with Crippen LogP contribution in [-0.4, -0.2) is 40.0 Å². The molecule has 0 aromatic heterocycles. The van der Waals surface area contributed by atoms with Crippen LogP contribution in [0.3, 0.4) is 0 Å². The molecule has 1 aliphatic heterocycles. The highest BCUT2D eigenvalue weighted by molar-refractivity contribution is 7.94. The number of hydrogen-bond donors (Lipinski definition) is 1. The Labute approximate surface area is 78.9 Å². The van der Waals surface area contributed by atoms with E-state index >= 15 is 0 Å². The van der Waals surface area contributed by atoms with Gasteiger partial charge in [0.2, 0.25) is 0 Å². The highest BCUT2D eigenvalue weighted by atomic mass is 32.2. The molecule has 5 heteroatoms. The first-order valence-corrected chi connectivity index (χ1v) is 5.91. The minimum absolute atomic E-state index is 0.0600. The first kappa shape index (κ1) is 10.7. The van der Waals surface area contributed by atoms with E-state index in [9.17, 15) is 8.42 Å². The largest absolute Gasteiger partial charge is 0.383 e. The van der Waals surface area contributed by atoms with E-state index in [2.05, 4.69) is 5.32 Å². The lowest BCUT2D eigenvalue weighted by Crippen LogP contribution is -2.39. The Balaban J connectivity index is 2.37. The fourth-order valence-electron chi connectivity index (χ4n) is 1.34. The average Bonchev–Trinajstić information content (AvgIpc) is 2.30. The van der Waals surface area contributed by atoms with Crippen molar-refractivity contribution in [1.29, 1.82) is 0 Å². The minimum atomic E-state index is -2.94. The fourth-order valence-corrected chi connectivity index (χ4v) is 2.59. The van der Waals surface area contributed by atoms with Crippen LogP contribution in [0, 0.1) is 0 Å². The number of nitrogens with one attached hydrogen (secondary N) is 1. The summed E-state index contributed by atoms with van der Waals surface area (Å²) in [5.74, 6) is 0.168. The van der Waals surface area contributed by atoms with E-state index in [1.807, 2.05) is 6.92 Å². The maximum atomic E-state index is 11.0. The quantitative estimate of drug-likeness (QED) is 0.697. The summed E-state index contributed by atoms with van der Waals surface area (Å²) < 4.78 is 27.0. The molecule has 2 atom stereocenters. The second-order valence-electron chi connectivity index (χ2n) is 3.29. The van der Waals surface area contributed by atoms with Crippen molar-refractivity contribution in [3.63, 3.8) is 0 Å². The number of rotatable bonds is 4. The second-order valence-corrected chi connectivity index (χ2v) is 5.22. The fraction of sp³-hybridized carbons (Fsp3) is 0.750. The van der Waals surface area contributed by atoms with Gasteiger partial charge in [-0.1, -0.05) is 6.08 Å². The molecule has 1 N–H and O–H groups in total. The molecule has 13 heavy (non-hydrogen) atoms. The average molecular weight is 205 g/mol. The molecule has 1 heterocycles. The molecule has 0 bridgehead atoms. The van der Waals surface area contributed by atoms with Crippen molar-refractivity contribution in [2.24, 2.45) is 0 Å². The predicted octanol–water partition coefficient (Wildman–Crippen LogP) is -0.0784. The summed E-state index contributed by atoms with van der Waals surface area (Å²) in [5.41, 5.74) is 0. The summed E-state index contributed by atoms with van der Waals surface area (Å²) in [6.07, 6.45) is 1.68. The van der Waals surface area contributed by atoms with Crippen LogP contribution in [0.4, 0.5) is 0 Å². The van der Waals surface area contributed by atoms with Crippen LogP contribution in [0.5, 0.6) is 0 Å². The Morgan fingerprint density at radius 2 is 2.38 bits per heavy atom. The van der Waals surface area contributed by atoms with Gasteiger partial charge < -0.3 is 10.1 Å². The van der Waals surface area contributed by atoms with E-state index in [1.165, 1.54) is 5.41 Å². The summed E-state index contributed by atoms with van der Waals surface area (Å²) in [5, 5.41) is 4.41. The van der Waals surface area contributed by atoms with E-state index in [-0.39, 0.29) is 17.8 Å². The maximum absolute atomic E-state index is 11.0. The van der Waals surface area contributed by atoms with Gasteiger partial charge in [-0.25, -0.2) is 8.42 Å². The molecule has 0 amide bonds. The zero-order valence-electron chi connectivity index (χ0n) is 7.86. The Morgan fingerprint density at radius 1 is 1.69 bits per heavy atom. The maximum Gasteiger partial charge on any atom is 0.173 e. The van der Waals surface area contributed by atoms with Gasteiger partial charge in [-0.3, -0.25) is 0 Å². The second kappa shape index (κ2) is 4.21. The van der Waals surface area contributed by atoms with Crippen molar-refractivity contribution in [2.75, 3.05) is 19.5 Å². The minimum Gasteiger partial charge on any atom is -0.383 e. The summed E-state index contributed by atoms with van der Waals surface area (Å²) in [4.78, 5) is 0. The highest BCUT2D eigenvalue weighted by Crippen LogP contribution is 2.08. The topological polar surface area (TPSA) is 55.4 Å². The van der Waals surface area contributed by atoms with Crippen molar-refractivity contribution in [3.05, 3.63) is 11.5 Å². The molecule has 0 radical (unpaired) electrons. The zero-order chi connectivity index (χ0) is 9.90. The van der Waals surface area contributed by atoms with Crippen LogP contribution in [0.1, 0.15) is 6.92 Å². The molecular formula is C8H15NO3S. The number of sulfone groups is 1. The van der Waals surface area contributed by atoms with Gasteiger partial charge in [0.25, 0.3) is 0 Å². The number of methoxy groups -OCH3 is 1. The monoisotopic (exact) mass is 205 g/mol. The van der Waals surface area contributed by atoms with Crippen LogP contribution < -0.4 is 5.32 Å². The van der Waals surface area contributed by atoms with Gasteiger partial charge in [-0.2, -0.15) is 0 Å². The van der Waals surface area contributed by atoms with Gasteiger partial charge in [0, 0.05) is 24.6 Å². The van der Waals surface area contributed by atoms with Gasteiger partial charge in [-0.05, 0) is 6.92 Å². The molecule has 0 aliphatic carbocycles. The molecule has 0 saturated carbocycles.